The maximum absolute atomic E-state index is 13.2. The first kappa shape index (κ1) is 15.4. The molecule has 0 unspecified atom stereocenters. The zero-order valence-corrected chi connectivity index (χ0v) is 11.8. The van der Waals surface area contributed by atoms with Crippen molar-refractivity contribution >= 4 is 0 Å². The molecular weight excluding hydrogens is 263 g/mol. The molecule has 1 saturated heterocycles. The largest absolute Gasteiger partial charge is 0.393 e. The molecule has 1 heterocycles. The minimum atomic E-state index is -4.14. The van der Waals surface area contributed by atoms with E-state index in [0.717, 1.165) is 24.8 Å². The second-order valence-corrected chi connectivity index (χ2v) is 5.62. The van der Waals surface area contributed by atoms with Crippen LogP contribution in [0, 0.1) is 5.92 Å². The van der Waals surface area contributed by atoms with Gasteiger partial charge in [-0.25, -0.2) is 0 Å². The Bertz CT molecular complexity index is 402. The Balaban J connectivity index is 2.15. The molecule has 2 rings (SSSR count). The lowest BCUT2D eigenvalue weighted by Crippen LogP contribution is -2.46. The molecule has 0 bridgehead atoms. The summed E-state index contributed by atoms with van der Waals surface area (Å²) in [6.07, 6.45) is -0.182. The molecule has 1 aliphatic heterocycles. The highest BCUT2D eigenvalue weighted by Crippen LogP contribution is 2.42. The quantitative estimate of drug-likeness (QED) is 0.834. The molecule has 1 fully saturated rings. The van der Waals surface area contributed by atoms with Crippen molar-refractivity contribution in [2.45, 2.75) is 57.3 Å². The number of piperidine rings is 1. The van der Waals surface area contributed by atoms with E-state index in [1.54, 1.807) is 24.3 Å². The molecule has 1 aliphatic rings. The van der Waals surface area contributed by atoms with Gasteiger partial charge >= 0.3 is 6.18 Å². The maximum Gasteiger partial charge on any atom is 0.393 e. The van der Waals surface area contributed by atoms with Crippen molar-refractivity contribution in [1.82, 2.24) is 5.32 Å². The standard InChI is InChI=1S/C16H22F3N/c1-2-3-9-13-10-11-14(16(17,18)19)15(20-13)12-7-5-4-6-8-12/h4-8,13-15,20H,2-3,9-11H2,1H3/t13-,14+,15+/m1/s1. The predicted octanol–water partition coefficient (Wildman–Crippen LogP) is 4.85. The molecule has 0 spiro atoms. The van der Waals surface area contributed by atoms with Gasteiger partial charge in [0.2, 0.25) is 0 Å². The molecule has 3 atom stereocenters. The van der Waals surface area contributed by atoms with Crippen LogP contribution in [0.4, 0.5) is 13.2 Å². The van der Waals surface area contributed by atoms with E-state index >= 15 is 0 Å². The molecule has 20 heavy (non-hydrogen) atoms. The van der Waals surface area contributed by atoms with E-state index in [-0.39, 0.29) is 12.5 Å². The van der Waals surface area contributed by atoms with Crippen LogP contribution in [0.1, 0.15) is 50.6 Å². The monoisotopic (exact) mass is 285 g/mol. The van der Waals surface area contributed by atoms with Crippen LogP contribution in [0.2, 0.25) is 0 Å². The first-order valence-electron chi connectivity index (χ1n) is 7.40. The lowest BCUT2D eigenvalue weighted by atomic mass is 9.82. The minimum absolute atomic E-state index is 0.207. The summed E-state index contributed by atoms with van der Waals surface area (Å²) in [5, 5.41) is 3.24. The summed E-state index contributed by atoms with van der Waals surface area (Å²) < 4.78 is 39.6. The summed E-state index contributed by atoms with van der Waals surface area (Å²) in [7, 11) is 0. The number of benzene rings is 1. The van der Waals surface area contributed by atoms with Crippen LogP contribution < -0.4 is 5.32 Å². The first-order chi connectivity index (χ1) is 9.52. The molecule has 112 valence electrons. The van der Waals surface area contributed by atoms with Crippen LogP contribution in [-0.2, 0) is 0 Å². The van der Waals surface area contributed by atoms with Crippen LogP contribution in [0.5, 0.6) is 0 Å². The molecule has 0 saturated carbocycles. The van der Waals surface area contributed by atoms with E-state index in [0.29, 0.717) is 6.42 Å². The molecular formula is C16H22F3N. The zero-order chi connectivity index (χ0) is 14.6. The van der Waals surface area contributed by atoms with Crippen LogP contribution >= 0.6 is 0 Å². The molecule has 1 aromatic carbocycles. The molecule has 1 aromatic rings. The van der Waals surface area contributed by atoms with Crippen molar-refractivity contribution in [3.63, 3.8) is 0 Å². The summed E-state index contributed by atoms with van der Waals surface area (Å²) in [5.74, 6) is -1.28. The Kier molecular flexibility index (Phi) is 5.08. The predicted molar refractivity (Wildman–Crippen MR) is 74.4 cm³/mol. The summed E-state index contributed by atoms with van der Waals surface area (Å²) >= 11 is 0. The van der Waals surface area contributed by atoms with Gasteiger partial charge in [-0.2, -0.15) is 13.2 Å². The van der Waals surface area contributed by atoms with Crippen LogP contribution in [0.3, 0.4) is 0 Å². The number of alkyl halides is 3. The van der Waals surface area contributed by atoms with Crippen molar-refractivity contribution in [1.29, 1.82) is 0 Å². The minimum Gasteiger partial charge on any atom is -0.307 e. The van der Waals surface area contributed by atoms with E-state index in [1.807, 2.05) is 6.07 Å². The third-order valence-electron chi connectivity index (χ3n) is 4.13. The van der Waals surface area contributed by atoms with Crippen molar-refractivity contribution in [3.05, 3.63) is 35.9 Å². The van der Waals surface area contributed by atoms with Gasteiger partial charge in [0.25, 0.3) is 0 Å². The van der Waals surface area contributed by atoms with Gasteiger partial charge in [0.15, 0.2) is 0 Å². The van der Waals surface area contributed by atoms with E-state index in [2.05, 4.69) is 12.2 Å². The van der Waals surface area contributed by atoms with E-state index in [4.69, 9.17) is 0 Å². The number of hydrogen-bond donors (Lipinski definition) is 1. The highest BCUT2D eigenvalue weighted by atomic mass is 19.4. The first-order valence-corrected chi connectivity index (χ1v) is 7.40. The molecule has 4 heteroatoms. The summed E-state index contributed by atoms with van der Waals surface area (Å²) in [4.78, 5) is 0. The molecule has 0 amide bonds. The number of nitrogens with one attached hydrogen (secondary N) is 1. The summed E-state index contributed by atoms with van der Waals surface area (Å²) in [6, 6.07) is 8.63. The molecule has 1 nitrogen and oxygen atoms in total. The lowest BCUT2D eigenvalue weighted by molar-refractivity contribution is -0.191. The highest BCUT2D eigenvalue weighted by Gasteiger charge is 2.47. The number of halogens is 3. The van der Waals surface area contributed by atoms with Crippen LogP contribution in [0.15, 0.2) is 30.3 Å². The number of hydrogen-bond acceptors (Lipinski definition) is 1. The van der Waals surface area contributed by atoms with Crippen LogP contribution in [-0.4, -0.2) is 12.2 Å². The van der Waals surface area contributed by atoms with Gasteiger partial charge in [0.05, 0.1) is 5.92 Å². The normalized spacial score (nSPS) is 27.5. The van der Waals surface area contributed by atoms with Crippen molar-refractivity contribution in [2.24, 2.45) is 5.92 Å². The topological polar surface area (TPSA) is 12.0 Å². The molecule has 0 aliphatic carbocycles. The summed E-state index contributed by atoms with van der Waals surface area (Å²) in [6.45, 7) is 2.11. The van der Waals surface area contributed by atoms with E-state index < -0.39 is 18.1 Å². The van der Waals surface area contributed by atoms with Crippen molar-refractivity contribution < 1.29 is 13.2 Å². The molecule has 1 N–H and O–H groups in total. The van der Waals surface area contributed by atoms with Crippen molar-refractivity contribution in [3.8, 4) is 0 Å². The van der Waals surface area contributed by atoms with E-state index in [9.17, 15) is 13.2 Å². The van der Waals surface area contributed by atoms with Gasteiger partial charge in [-0.1, -0.05) is 50.1 Å². The fourth-order valence-electron chi connectivity index (χ4n) is 3.02. The Labute approximate surface area is 118 Å². The van der Waals surface area contributed by atoms with E-state index in [1.165, 1.54) is 0 Å². The maximum atomic E-state index is 13.2. The Morgan fingerprint density at radius 3 is 2.45 bits per heavy atom. The lowest BCUT2D eigenvalue weighted by Gasteiger charge is -2.39. The fraction of sp³-hybridized carbons (Fsp3) is 0.625. The van der Waals surface area contributed by atoms with Gasteiger partial charge < -0.3 is 5.32 Å². The highest BCUT2D eigenvalue weighted by molar-refractivity contribution is 5.21. The Hall–Kier alpha value is -1.03. The number of unbranched alkanes of at least 4 members (excludes halogenated alkanes) is 1. The van der Waals surface area contributed by atoms with Gasteiger partial charge in [-0.3, -0.25) is 0 Å². The van der Waals surface area contributed by atoms with Crippen LogP contribution in [0.25, 0.3) is 0 Å². The smallest absolute Gasteiger partial charge is 0.307 e. The Morgan fingerprint density at radius 1 is 1.15 bits per heavy atom. The van der Waals surface area contributed by atoms with Gasteiger partial charge in [0, 0.05) is 12.1 Å². The second-order valence-electron chi connectivity index (χ2n) is 5.62. The third kappa shape index (κ3) is 3.75. The van der Waals surface area contributed by atoms with Gasteiger partial charge in [0.1, 0.15) is 0 Å². The molecule has 0 radical (unpaired) electrons. The third-order valence-corrected chi connectivity index (χ3v) is 4.13. The molecule has 0 aromatic heterocycles. The average molecular weight is 285 g/mol. The Morgan fingerprint density at radius 2 is 1.85 bits per heavy atom. The number of rotatable bonds is 4. The van der Waals surface area contributed by atoms with Gasteiger partial charge in [-0.05, 0) is 24.8 Å². The van der Waals surface area contributed by atoms with Gasteiger partial charge in [-0.15, -0.1) is 0 Å². The van der Waals surface area contributed by atoms with Crippen molar-refractivity contribution in [2.75, 3.05) is 0 Å². The average Bonchev–Trinajstić information content (AvgIpc) is 2.44. The SMILES string of the molecule is CCCC[C@@H]1CC[C@H](C(F)(F)F)[C@H](c2ccccc2)N1. The zero-order valence-electron chi connectivity index (χ0n) is 11.8. The summed E-state index contributed by atoms with van der Waals surface area (Å²) in [5.41, 5.74) is 0.746. The second kappa shape index (κ2) is 6.61. The fourth-order valence-corrected chi connectivity index (χ4v) is 3.02.